The van der Waals surface area contributed by atoms with Crippen molar-refractivity contribution in [2.24, 2.45) is 5.41 Å². The van der Waals surface area contributed by atoms with Gasteiger partial charge in [-0.05, 0) is 29.7 Å². The number of unbranched alkanes of at least 4 members (excludes halogenated alkanes) is 13. The Balaban J connectivity index is 0.0000109. The van der Waals surface area contributed by atoms with E-state index in [9.17, 15) is 5.11 Å². The molecule has 0 saturated carbocycles. The van der Waals surface area contributed by atoms with Crippen molar-refractivity contribution in [3.05, 3.63) is 17.7 Å². The number of anilines is 1. The van der Waals surface area contributed by atoms with Gasteiger partial charge in [-0.2, -0.15) is 0 Å². The molecule has 0 radical (unpaired) electrons. The summed E-state index contributed by atoms with van der Waals surface area (Å²) in [4.78, 5) is 0. The summed E-state index contributed by atoms with van der Waals surface area (Å²) >= 11 is 0. The first kappa shape index (κ1) is 33.6. The summed E-state index contributed by atoms with van der Waals surface area (Å²) in [6.45, 7) is 14.2. The number of phenolic OH excluding ortho intramolecular Hbond substituents is 1. The molecule has 0 atom stereocenters. The third-order valence-corrected chi connectivity index (χ3v) is 6.59. The number of hydrogen-bond acceptors (Lipinski definition) is 3. The van der Waals surface area contributed by atoms with Gasteiger partial charge in [-0.1, -0.05) is 125 Å². The maximum atomic E-state index is 10.2. The summed E-state index contributed by atoms with van der Waals surface area (Å²) in [5.41, 5.74) is 7.51. The van der Waals surface area contributed by atoms with E-state index >= 15 is 0 Å². The molecule has 0 bridgehead atoms. The maximum absolute atomic E-state index is 10.2. The Bertz CT molecular complexity index is 652. The molecular formula is C30H56NNaO2. The van der Waals surface area contributed by atoms with Crippen LogP contribution in [0.15, 0.2) is 12.1 Å². The second-order valence-electron chi connectivity index (χ2n) is 12.0. The molecule has 0 unspecified atom stereocenters. The van der Waals surface area contributed by atoms with Gasteiger partial charge in [-0.15, -0.1) is 0 Å². The van der Waals surface area contributed by atoms with Crippen LogP contribution < -0.4 is 10.5 Å². The average Bonchev–Trinajstić information content (AvgIpc) is 2.71. The second-order valence-corrected chi connectivity index (χ2v) is 12.0. The van der Waals surface area contributed by atoms with Crippen molar-refractivity contribution in [2.45, 2.75) is 143 Å². The first-order valence-electron chi connectivity index (χ1n) is 13.8. The van der Waals surface area contributed by atoms with Gasteiger partial charge in [0.1, 0.15) is 11.5 Å². The Labute approximate surface area is 234 Å². The van der Waals surface area contributed by atoms with Crippen LogP contribution in [0.2, 0.25) is 0 Å². The predicted octanol–water partition coefficient (Wildman–Crippen LogP) is 8.90. The molecule has 0 heterocycles. The van der Waals surface area contributed by atoms with Crippen molar-refractivity contribution in [3.8, 4) is 11.5 Å². The van der Waals surface area contributed by atoms with Crippen molar-refractivity contribution >= 4 is 35.2 Å². The van der Waals surface area contributed by atoms with Crippen LogP contribution in [0, 0.1) is 5.41 Å². The van der Waals surface area contributed by atoms with Gasteiger partial charge in [-0.3, -0.25) is 0 Å². The molecule has 1 aromatic carbocycles. The fourth-order valence-electron chi connectivity index (χ4n) is 5.13. The van der Waals surface area contributed by atoms with E-state index in [1.165, 1.54) is 83.5 Å². The van der Waals surface area contributed by atoms with Crippen LogP contribution in [0.4, 0.5) is 5.69 Å². The number of benzene rings is 1. The molecule has 1 rings (SSSR count). The molecule has 0 amide bonds. The Morgan fingerprint density at radius 1 is 0.735 bits per heavy atom. The van der Waals surface area contributed by atoms with Crippen LogP contribution in [0.25, 0.3) is 0 Å². The van der Waals surface area contributed by atoms with Crippen molar-refractivity contribution < 1.29 is 9.84 Å². The molecule has 0 aliphatic rings. The molecule has 0 aliphatic carbocycles. The van der Waals surface area contributed by atoms with Crippen molar-refractivity contribution in [1.82, 2.24) is 0 Å². The van der Waals surface area contributed by atoms with Gasteiger partial charge in [0.05, 0.1) is 12.3 Å². The van der Waals surface area contributed by atoms with Crippen LogP contribution in [0.1, 0.15) is 143 Å². The molecule has 4 heteroatoms. The molecule has 0 saturated heterocycles. The Morgan fingerprint density at radius 3 is 1.62 bits per heavy atom. The number of phenols is 1. The molecule has 1 aromatic rings. The first-order valence-corrected chi connectivity index (χ1v) is 13.8. The van der Waals surface area contributed by atoms with E-state index in [0.717, 1.165) is 24.2 Å². The van der Waals surface area contributed by atoms with E-state index in [-0.39, 0.29) is 46.1 Å². The first-order chi connectivity index (χ1) is 15.6. The average molecular weight is 486 g/mol. The summed E-state index contributed by atoms with van der Waals surface area (Å²) in [6.07, 6.45) is 20.0. The Hall–Kier alpha value is -0.380. The third kappa shape index (κ3) is 14.9. The minimum atomic E-state index is -0.103. The summed E-state index contributed by atoms with van der Waals surface area (Å²) in [5.74, 6) is 0.977. The van der Waals surface area contributed by atoms with Crippen LogP contribution in [-0.4, -0.2) is 41.3 Å². The molecule has 0 aromatic heterocycles. The van der Waals surface area contributed by atoms with Gasteiger partial charge in [0.25, 0.3) is 0 Å². The van der Waals surface area contributed by atoms with Gasteiger partial charge in [0.2, 0.25) is 0 Å². The van der Waals surface area contributed by atoms with E-state index in [1.54, 1.807) is 6.07 Å². The molecule has 0 fully saturated rings. The molecule has 3 nitrogen and oxygen atoms in total. The normalized spacial score (nSPS) is 11.9. The van der Waals surface area contributed by atoms with E-state index < -0.39 is 0 Å². The topological polar surface area (TPSA) is 55.5 Å². The number of nitrogens with two attached hydrogens (primary N) is 1. The zero-order chi connectivity index (χ0) is 24.7. The van der Waals surface area contributed by atoms with Crippen molar-refractivity contribution in [3.63, 3.8) is 0 Å². The van der Waals surface area contributed by atoms with E-state index in [0.29, 0.717) is 12.3 Å². The molecule has 0 aliphatic heterocycles. The summed E-state index contributed by atoms with van der Waals surface area (Å²) in [7, 11) is 0. The molecule has 194 valence electrons. The quantitative estimate of drug-likeness (QED) is 0.0944. The number of ether oxygens (including phenoxy) is 1. The van der Waals surface area contributed by atoms with Crippen molar-refractivity contribution in [2.75, 3.05) is 12.3 Å². The van der Waals surface area contributed by atoms with E-state index in [1.807, 2.05) is 6.07 Å². The summed E-state index contributed by atoms with van der Waals surface area (Å²) in [5, 5.41) is 10.2. The summed E-state index contributed by atoms with van der Waals surface area (Å²) < 4.78 is 6.19. The van der Waals surface area contributed by atoms with Gasteiger partial charge in [0.15, 0.2) is 0 Å². The molecule has 0 spiro atoms. The zero-order valence-electron chi connectivity index (χ0n) is 22.9. The van der Waals surface area contributed by atoms with Crippen LogP contribution >= 0.6 is 0 Å². The third-order valence-electron chi connectivity index (χ3n) is 6.59. The van der Waals surface area contributed by atoms with Gasteiger partial charge in [0, 0.05) is 11.6 Å². The fourth-order valence-corrected chi connectivity index (χ4v) is 5.13. The predicted molar refractivity (Wildman–Crippen MR) is 153 cm³/mol. The minimum absolute atomic E-state index is 0. The van der Waals surface area contributed by atoms with Gasteiger partial charge < -0.3 is 15.6 Å². The van der Waals surface area contributed by atoms with Crippen LogP contribution in [0.5, 0.6) is 11.5 Å². The molecule has 34 heavy (non-hydrogen) atoms. The monoisotopic (exact) mass is 485 g/mol. The SMILES string of the molecule is CCCCCCCCCCCCCCCCOc1cc(N)c(O)cc1C(C)(C)CC(C)(C)C.[NaH]. The standard InChI is InChI=1S/C30H55NO2.Na.H/c1-7-8-9-10-11-12-13-14-15-16-17-18-19-20-21-33-28-23-26(31)27(32)22-25(28)30(5,6)24-29(2,3)4;;/h22-23,32H,7-21,24,31H2,1-6H3;;. The second kappa shape index (κ2) is 18.0. The van der Waals surface area contributed by atoms with Crippen LogP contribution in [-0.2, 0) is 5.41 Å². The fraction of sp³-hybridized carbons (Fsp3) is 0.800. The number of nitrogen functional groups attached to an aromatic ring is 1. The zero-order valence-corrected chi connectivity index (χ0v) is 22.9. The Kier molecular flexibility index (Phi) is 17.8. The number of hydrogen-bond donors (Lipinski definition) is 2. The van der Waals surface area contributed by atoms with Crippen LogP contribution in [0.3, 0.4) is 0 Å². The molecular weight excluding hydrogens is 429 g/mol. The Morgan fingerprint density at radius 2 is 1.18 bits per heavy atom. The van der Waals surface area contributed by atoms with Gasteiger partial charge in [-0.25, -0.2) is 0 Å². The molecule has 3 N–H and O–H groups in total. The summed E-state index contributed by atoms with van der Waals surface area (Å²) in [6, 6.07) is 3.61. The van der Waals surface area contributed by atoms with E-state index in [4.69, 9.17) is 10.5 Å². The number of aromatic hydroxyl groups is 1. The number of rotatable bonds is 18. The van der Waals surface area contributed by atoms with E-state index in [2.05, 4.69) is 41.5 Å². The van der Waals surface area contributed by atoms with Gasteiger partial charge >= 0.3 is 29.6 Å². The van der Waals surface area contributed by atoms with Crippen molar-refractivity contribution in [1.29, 1.82) is 0 Å².